The molecule has 0 saturated carbocycles. The van der Waals surface area contributed by atoms with E-state index < -0.39 is 0 Å². The van der Waals surface area contributed by atoms with Crippen LogP contribution in [-0.2, 0) is 6.42 Å². The Balaban J connectivity index is 1.67. The minimum absolute atomic E-state index is 0.172. The number of carbonyl (C=O) groups is 1. The molecule has 0 bridgehead atoms. The van der Waals surface area contributed by atoms with E-state index in [1.165, 1.54) is 4.88 Å². The van der Waals surface area contributed by atoms with Gasteiger partial charge in [0.2, 0.25) is 0 Å². The third kappa shape index (κ3) is 3.09. The lowest BCUT2D eigenvalue weighted by Gasteiger charge is -1.96. The number of fused-ring (bicyclic) bond motifs is 1. The molecule has 0 radical (unpaired) electrons. The Bertz CT molecular complexity index is 816. The summed E-state index contributed by atoms with van der Waals surface area (Å²) >= 11 is 1.62. The minimum Gasteiger partial charge on any atom is -0.361 e. The predicted molar refractivity (Wildman–Crippen MR) is 91.7 cm³/mol. The number of para-hydroxylation sites is 1. The van der Waals surface area contributed by atoms with E-state index in [0.29, 0.717) is 5.56 Å². The molecule has 0 saturated heterocycles. The van der Waals surface area contributed by atoms with E-state index in [-0.39, 0.29) is 5.91 Å². The largest absolute Gasteiger partial charge is 0.361 e. The Morgan fingerprint density at radius 1 is 1.41 bits per heavy atom. The van der Waals surface area contributed by atoms with Crippen LogP contribution >= 0.6 is 11.3 Å². The Kier molecular flexibility index (Phi) is 4.34. The van der Waals surface area contributed by atoms with Crippen molar-refractivity contribution in [2.75, 3.05) is 0 Å². The highest BCUT2D eigenvalue weighted by molar-refractivity contribution is 7.10. The van der Waals surface area contributed by atoms with Crippen LogP contribution in [0.15, 0.2) is 47.0 Å². The number of rotatable bonds is 5. The molecule has 0 fully saturated rings. The van der Waals surface area contributed by atoms with Crippen molar-refractivity contribution in [1.29, 1.82) is 0 Å². The second kappa shape index (κ2) is 6.58. The number of amides is 1. The van der Waals surface area contributed by atoms with Crippen molar-refractivity contribution in [2.45, 2.75) is 19.8 Å². The zero-order valence-electron chi connectivity index (χ0n) is 12.3. The smallest absolute Gasteiger partial charge is 0.272 e. The van der Waals surface area contributed by atoms with Crippen molar-refractivity contribution in [1.82, 2.24) is 10.4 Å². The highest BCUT2D eigenvalue weighted by Gasteiger charge is 2.07. The lowest BCUT2D eigenvalue weighted by Crippen LogP contribution is -2.16. The average Bonchev–Trinajstić information content (AvgIpc) is 3.15. The number of carbonyl (C=O) groups excluding carboxylic acids is 1. The van der Waals surface area contributed by atoms with Crippen LogP contribution in [0.1, 0.15) is 34.1 Å². The fraction of sp³-hybridized carbons (Fsp3) is 0.176. The number of hydrogen-bond donors (Lipinski definition) is 2. The Morgan fingerprint density at radius 2 is 2.27 bits per heavy atom. The summed E-state index contributed by atoms with van der Waals surface area (Å²) in [7, 11) is 0. The molecule has 0 aliphatic rings. The zero-order valence-corrected chi connectivity index (χ0v) is 13.1. The molecular formula is C17H17N3OS. The van der Waals surface area contributed by atoms with Crippen molar-refractivity contribution in [3.05, 3.63) is 57.9 Å². The van der Waals surface area contributed by atoms with Crippen LogP contribution in [-0.4, -0.2) is 17.1 Å². The lowest BCUT2D eigenvalue weighted by atomic mass is 10.2. The molecule has 1 amide bonds. The topological polar surface area (TPSA) is 57.2 Å². The quantitative estimate of drug-likeness (QED) is 0.544. The number of thiophene rings is 1. The van der Waals surface area contributed by atoms with Gasteiger partial charge < -0.3 is 4.98 Å². The van der Waals surface area contributed by atoms with Crippen LogP contribution in [0.25, 0.3) is 10.9 Å². The van der Waals surface area contributed by atoms with Crippen LogP contribution in [0, 0.1) is 0 Å². The van der Waals surface area contributed by atoms with Crippen LogP contribution in [0.2, 0.25) is 0 Å². The highest BCUT2D eigenvalue weighted by Crippen LogP contribution is 2.17. The molecule has 3 rings (SSSR count). The number of aromatic amines is 1. The van der Waals surface area contributed by atoms with Gasteiger partial charge in [-0.15, -0.1) is 11.3 Å². The summed E-state index contributed by atoms with van der Waals surface area (Å²) in [5.74, 6) is -0.172. The standard InChI is InChI=1S/C17H17N3OS/c1-2-5-14-8-12(11-22-14)17(21)20-19-10-13-9-18-16-7-4-3-6-15(13)16/h3-4,6-11,18H,2,5H2,1H3,(H,20,21)/b19-10+. The van der Waals surface area contributed by atoms with E-state index in [1.807, 2.05) is 41.9 Å². The van der Waals surface area contributed by atoms with Crippen LogP contribution < -0.4 is 5.43 Å². The highest BCUT2D eigenvalue weighted by atomic mass is 32.1. The summed E-state index contributed by atoms with van der Waals surface area (Å²) < 4.78 is 0. The predicted octanol–water partition coefficient (Wildman–Crippen LogP) is 3.95. The maximum Gasteiger partial charge on any atom is 0.272 e. The normalized spacial score (nSPS) is 11.3. The Hall–Kier alpha value is -2.40. The molecular weight excluding hydrogens is 294 g/mol. The minimum atomic E-state index is -0.172. The summed E-state index contributed by atoms with van der Waals surface area (Å²) in [4.78, 5) is 16.4. The number of nitrogens with one attached hydrogen (secondary N) is 2. The average molecular weight is 311 g/mol. The number of aryl methyl sites for hydroxylation is 1. The van der Waals surface area contributed by atoms with Crippen LogP contribution in [0.5, 0.6) is 0 Å². The number of benzene rings is 1. The molecule has 22 heavy (non-hydrogen) atoms. The summed E-state index contributed by atoms with van der Waals surface area (Å²) in [5, 5.41) is 7.02. The summed E-state index contributed by atoms with van der Waals surface area (Å²) in [6.45, 7) is 2.13. The molecule has 5 heteroatoms. The second-order valence-electron chi connectivity index (χ2n) is 5.04. The van der Waals surface area contributed by atoms with Gasteiger partial charge in [0, 0.05) is 32.9 Å². The number of H-pyrrole nitrogens is 1. The third-order valence-electron chi connectivity index (χ3n) is 3.40. The Labute approximate surface area is 132 Å². The van der Waals surface area contributed by atoms with Crippen molar-refractivity contribution < 1.29 is 4.79 Å². The van der Waals surface area contributed by atoms with E-state index in [4.69, 9.17) is 0 Å². The monoisotopic (exact) mass is 311 g/mol. The van der Waals surface area contributed by atoms with Crippen molar-refractivity contribution in [2.24, 2.45) is 5.10 Å². The zero-order chi connectivity index (χ0) is 15.4. The van der Waals surface area contributed by atoms with Gasteiger partial charge in [-0.3, -0.25) is 4.79 Å². The van der Waals surface area contributed by atoms with E-state index in [2.05, 4.69) is 22.4 Å². The summed E-state index contributed by atoms with van der Waals surface area (Å²) in [5.41, 5.74) is 5.26. The summed E-state index contributed by atoms with van der Waals surface area (Å²) in [6, 6.07) is 9.92. The fourth-order valence-electron chi connectivity index (χ4n) is 2.30. The molecule has 3 aromatic rings. The molecule has 0 aliphatic heterocycles. The maximum absolute atomic E-state index is 12.0. The molecule has 0 atom stereocenters. The molecule has 0 spiro atoms. The number of hydrazone groups is 1. The van der Waals surface area contributed by atoms with Crippen molar-refractivity contribution in [3.63, 3.8) is 0 Å². The first-order valence-electron chi connectivity index (χ1n) is 7.25. The van der Waals surface area contributed by atoms with Gasteiger partial charge in [0.05, 0.1) is 11.8 Å². The van der Waals surface area contributed by atoms with E-state index in [9.17, 15) is 4.79 Å². The molecule has 4 nitrogen and oxygen atoms in total. The fourth-order valence-corrected chi connectivity index (χ4v) is 3.27. The van der Waals surface area contributed by atoms with Crippen LogP contribution in [0.4, 0.5) is 0 Å². The van der Waals surface area contributed by atoms with Crippen LogP contribution in [0.3, 0.4) is 0 Å². The molecule has 2 heterocycles. The van der Waals surface area contributed by atoms with Gasteiger partial charge in [-0.05, 0) is 18.6 Å². The van der Waals surface area contributed by atoms with Gasteiger partial charge in [-0.1, -0.05) is 31.5 Å². The molecule has 2 aromatic heterocycles. The van der Waals surface area contributed by atoms with Crippen molar-refractivity contribution >= 4 is 34.4 Å². The first-order chi connectivity index (χ1) is 10.8. The van der Waals surface area contributed by atoms with E-state index in [0.717, 1.165) is 29.3 Å². The molecule has 2 N–H and O–H groups in total. The first kappa shape index (κ1) is 14.5. The van der Waals surface area contributed by atoms with Gasteiger partial charge >= 0.3 is 0 Å². The van der Waals surface area contributed by atoms with Gasteiger partial charge in [0.1, 0.15) is 0 Å². The van der Waals surface area contributed by atoms with Gasteiger partial charge in [0.15, 0.2) is 0 Å². The molecule has 0 aliphatic carbocycles. The van der Waals surface area contributed by atoms with Gasteiger partial charge in [-0.2, -0.15) is 5.10 Å². The summed E-state index contributed by atoms with van der Waals surface area (Å²) in [6.07, 6.45) is 5.64. The molecule has 112 valence electrons. The maximum atomic E-state index is 12.0. The van der Waals surface area contributed by atoms with Gasteiger partial charge in [0.25, 0.3) is 5.91 Å². The van der Waals surface area contributed by atoms with E-state index >= 15 is 0 Å². The third-order valence-corrected chi connectivity index (χ3v) is 4.40. The SMILES string of the molecule is CCCc1cc(C(=O)N/N=C/c2c[nH]c3ccccc23)cs1. The van der Waals surface area contributed by atoms with E-state index in [1.54, 1.807) is 17.6 Å². The molecule has 1 aromatic carbocycles. The molecule has 0 unspecified atom stereocenters. The van der Waals surface area contributed by atoms with Crippen molar-refractivity contribution in [3.8, 4) is 0 Å². The Morgan fingerprint density at radius 3 is 3.14 bits per heavy atom. The first-order valence-corrected chi connectivity index (χ1v) is 8.13. The number of nitrogens with zero attached hydrogens (tertiary/aromatic N) is 1. The second-order valence-corrected chi connectivity index (χ2v) is 6.04. The number of aromatic nitrogens is 1. The number of hydrogen-bond acceptors (Lipinski definition) is 3. The van der Waals surface area contributed by atoms with Gasteiger partial charge in [-0.25, -0.2) is 5.43 Å². The lowest BCUT2D eigenvalue weighted by molar-refractivity contribution is 0.0955.